The van der Waals surface area contributed by atoms with E-state index < -0.39 is 0 Å². The van der Waals surface area contributed by atoms with E-state index in [2.05, 4.69) is 6.58 Å². The van der Waals surface area contributed by atoms with Gasteiger partial charge in [0.2, 0.25) is 0 Å². The molecule has 4 rings (SSSR count). The van der Waals surface area contributed by atoms with Crippen LogP contribution in [0.1, 0.15) is 51.9 Å². The summed E-state index contributed by atoms with van der Waals surface area (Å²) < 4.78 is 11.1. The monoisotopic (exact) mass is 264 g/mol. The summed E-state index contributed by atoms with van der Waals surface area (Å²) in [4.78, 5) is 11.8. The molecule has 0 unspecified atom stereocenters. The zero-order chi connectivity index (χ0) is 13.5. The predicted octanol–water partition coefficient (Wildman–Crippen LogP) is 3.44. The SMILES string of the molecule is C=C(OC12CC3CC(CC(C3)C1)C2)C(=O)OCCC. The third-order valence-corrected chi connectivity index (χ3v) is 4.99. The second-order valence-corrected chi connectivity index (χ2v) is 6.76. The van der Waals surface area contributed by atoms with Gasteiger partial charge in [0.25, 0.3) is 0 Å². The maximum atomic E-state index is 11.8. The van der Waals surface area contributed by atoms with Crippen LogP contribution in [0.15, 0.2) is 12.3 Å². The standard InChI is InChI=1S/C16H24O3/c1-3-4-18-15(17)11(2)19-16-8-12-5-13(9-16)7-14(6-12)10-16/h12-14H,2-10H2,1H3. The first-order valence-electron chi connectivity index (χ1n) is 7.65. The Hall–Kier alpha value is -0.990. The second-order valence-electron chi connectivity index (χ2n) is 6.76. The normalized spacial score (nSPS) is 39.1. The average Bonchev–Trinajstić information content (AvgIpc) is 2.33. The van der Waals surface area contributed by atoms with Crippen molar-refractivity contribution in [3.05, 3.63) is 12.3 Å². The molecule has 4 bridgehead atoms. The smallest absolute Gasteiger partial charge is 0.372 e. The fourth-order valence-corrected chi connectivity index (χ4v) is 4.73. The molecular formula is C16H24O3. The molecule has 0 N–H and O–H groups in total. The van der Waals surface area contributed by atoms with Crippen molar-refractivity contribution in [2.24, 2.45) is 17.8 Å². The van der Waals surface area contributed by atoms with Crippen LogP contribution < -0.4 is 0 Å². The maximum Gasteiger partial charge on any atom is 0.372 e. The van der Waals surface area contributed by atoms with Crippen molar-refractivity contribution >= 4 is 5.97 Å². The molecule has 0 aliphatic heterocycles. The van der Waals surface area contributed by atoms with Gasteiger partial charge in [0, 0.05) is 0 Å². The van der Waals surface area contributed by atoms with Gasteiger partial charge >= 0.3 is 5.97 Å². The average molecular weight is 264 g/mol. The summed E-state index contributed by atoms with van der Waals surface area (Å²) >= 11 is 0. The van der Waals surface area contributed by atoms with Gasteiger partial charge in [-0.15, -0.1) is 0 Å². The lowest BCUT2D eigenvalue weighted by Gasteiger charge is -2.56. The van der Waals surface area contributed by atoms with Gasteiger partial charge in [0.15, 0.2) is 5.76 Å². The highest BCUT2D eigenvalue weighted by Gasteiger charge is 2.53. The Bertz CT molecular complexity index is 350. The Morgan fingerprint density at radius 3 is 2.16 bits per heavy atom. The van der Waals surface area contributed by atoms with Gasteiger partial charge < -0.3 is 9.47 Å². The molecule has 4 saturated carbocycles. The predicted molar refractivity (Wildman–Crippen MR) is 72.4 cm³/mol. The van der Waals surface area contributed by atoms with Crippen molar-refractivity contribution in [3.63, 3.8) is 0 Å². The summed E-state index contributed by atoms with van der Waals surface area (Å²) in [5, 5.41) is 0. The lowest BCUT2D eigenvalue weighted by Crippen LogP contribution is -2.52. The molecule has 0 aromatic heterocycles. The van der Waals surface area contributed by atoms with Crippen molar-refractivity contribution in [1.82, 2.24) is 0 Å². The third-order valence-electron chi connectivity index (χ3n) is 4.99. The molecule has 106 valence electrons. The minimum Gasteiger partial charge on any atom is -0.480 e. The van der Waals surface area contributed by atoms with E-state index in [1.165, 1.54) is 19.3 Å². The van der Waals surface area contributed by atoms with Crippen LogP contribution >= 0.6 is 0 Å². The lowest BCUT2D eigenvalue weighted by atomic mass is 9.54. The fraction of sp³-hybridized carbons (Fsp3) is 0.812. The first-order chi connectivity index (χ1) is 9.10. The van der Waals surface area contributed by atoms with E-state index >= 15 is 0 Å². The van der Waals surface area contributed by atoms with E-state index in [9.17, 15) is 4.79 Å². The first kappa shape index (κ1) is 13.0. The molecule has 4 fully saturated rings. The summed E-state index contributed by atoms with van der Waals surface area (Å²) in [6.07, 6.45) is 8.27. The van der Waals surface area contributed by atoms with Crippen LogP contribution in [-0.4, -0.2) is 18.2 Å². The van der Waals surface area contributed by atoms with Crippen molar-refractivity contribution in [2.45, 2.75) is 57.5 Å². The molecule has 19 heavy (non-hydrogen) atoms. The van der Waals surface area contributed by atoms with E-state index in [1.54, 1.807) is 0 Å². The van der Waals surface area contributed by atoms with Crippen LogP contribution in [0.25, 0.3) is 0 Å². The molecular weight excluding hydrogens is 240 g/mol. The molecule has 0 aromatic carbocycles. The van der Waals surface area contributed by atoms with E-state index in [-0.39, 0.29) is 17.3 Å². The van der Waals surface area contributed by atoms with E-state index in [1.807, 2.05) is 6.92 Å². The zero-order valence-corrected chi connectivity index (χ0v) is 11.8. The fourth-order valence-electron chi connectivity index (χ4n) is 4.73. The highest BCUT2D eigenvalue weighted by Crippen LogP contribution is 2.57. The summed E-state index contributed by atoms with van der Waals surface area (Å²) in [6, 6.07) is 0. The molecule has 3 heteroatoms. The number of hydrogen-bond acceptors (Lipinski definition) is 3. The highest BCUT2D eigenvalue weighted by molar-refractivity contribution is 5.85. The number of rotatable bonds is 5. The molecule has 0 atom stereocenters. The first-order valence-corrected chi connectivity index (χ1v) is 7.65. The van der Waals surface area contributed by atoms with Crippen LogP contribution in [-0.2, 0) is 14.3 Å². The molecule has 0 heterocycles. The Morgan fingerprint density at radius 1 is 1.16 bits per heavy atom. The van der Waals surface area contributed by atoms with Crippen LogP contribution in [0.2, 0.25) is 0 Å². The van der Waals surface area contributed by atoms with E-state index in [0.717, 1.165) is 43.4 Å². The van der Waals surface area contributed by atoms with Crippen LogP contribution in [0, 0.1) is 17.8 Å². The molecule has 4 aliphatic rings. The van der Waals surface area contributed by atoms with Gasteiger partial charge in [-0.25, -0.2) is 4.79 Å². The van der Waals surface area contributed by atoms with Gasteiger partial charge in [-0.3, -0.25) is 0 Å². The second kappa shape index (κ2) is 4.84. The third kappa shape index (κ3) is 2.52. The highest BCUT2D eigenvalue weighted by atomic mass is 16.6. The minimum absolute atomic E-state index is 0.100. The Kier molecular flexibility index (Phi) is 3.32. The topological polar surface area (TPSA) is 35.5 Å². The molecule has 0 amide bonds. The van der Waals surface area contributed by atoms with Crippen LogP contribution in [0.3, 0.4) is 0 Å². The van der Waals surface area contributed by atoms with Crippen molar-refractivity contribution < 1.29 is 14.3 Å². The van der Waals surface area contributed by atoms with Crippen LogP contribution in [0.5, 0.6) is 0 Å². The number of ether oxygens (including phenoxy) is 2. The van der Waals surface area contributed by atoms with Crippen molar-refractivity contribution in [2.75, 3.05) is 6.61 Å². The maximum absolute atomic E-state index is 11.8. The molecule has 3 nitrogen and oxygen atoms in total. The summed E-state index contributed by atoms with van der Waals surface area (Å²) in [5.74, 6) is 2.27. The molecule has 0 saturated heterocycles. The number of hydrogen-bond donors (Lipinski definition) is 0. The van der Waals surface area contributed by atoms with Crippen molar-refractivity contribution in [1.29, 1.82) is 0 Å². The lowest BCUT2D eigenvalue weighted by molar-refractivity contribution is -0.163. The molecule has 0 radical (unpaired) electrons. The summed E-state index contributed by atoms with van der Waals surface area (Å²) in [7, 11) is 0. The molecule has 0 spiro atoms. The van der Waals surface area contributed by atoms with Gasteiger partial charge in [0.1, 0.15) is 5.60 Å². The molecule has 4 aliphatic carbocycles. The number of carbonyl (C=O) groups is 1. The van der Waals surface area contributed by atoms with Gasteiger partial charge in [-0.05, 0) is 69.3 Å². The minimum atomic E-state index is -0.377. The largest absolute Gasteiger partial charge is 0.480 e. The van der Waals surface area contributed by atoms with Gasteiger partial charge in [-0.1, -0.05) is 6.92 Å². The quantitative estimate of drug-likeness (QED) is 0.433. The number of carbonyl (C=O) groups excluding carboxylic acids is 1. The van der Waals surface area contributed by atoms with E-state index in [4.69, 9.17) is 9.47 Å². The summed E-state index contributed by atoms with van der Waals surface area (Å²) in [5.41, 5.74) is -0.100. The van der Waals surface area contributed by atoms with Gasteiger partial charge in [-0.2, -0.15) is 0 Å². The van der Waals surface area contributed by atoms with E-state index in [0.29, 0.717) is 6.61 Å². The number of esters is 1. The van der Waals surface area contributed by atoms with Gasteiger partial charge in [0.05, 0.1) is 6.61 Å². The summed E-state index contributed by atoms with van der Waals surface area (Å²) in [6.45, 7) is 6.22. The Morgan fingerprint density at radius 2 is 1.68 bits per heavy atom. The molecule has 0 aromatic rings. The Balaban J connectivity index is 1.63. The van der Waals surface area contributed by atoms with Crippen molar-refractivity contribution in [3.8, 4) is 0 Å². The van der Waals surface area contributed by atoms with Crippen LogP contribution in [0.4, 0.5) is 0 Å². The zero-order valence-electron chi connectivity index (χ0n) is 11.8. The Labute approximate surface area is 115 Å².